The van der Waals surface area contributed by atoms with Crippen molar-refractivity contribution in [3.8, 4) is 0 Å². The number of halogens is 1. The molecule has 0 atom stereocenters. The highest BCUT2D eigenvalue weighted by Crippen LogP contribution is 2.29. The molecule has 45 heavy (non-hydrogen) atoms. The number of fused-ring (bicyclic) bond motifs is 2. The van der Waals surface area contributed by atoms with Crippen molar-refractivity contribution in [1.29, 1.82) is 0 Å². The van der Waals surface area contributed by atoms with Crippen molar-refractivity contribution in [2.75, 3.05) is 31.1 Å². The molecular formula is C34H37FN6O4. The fourth-order valence-corrected chi connectivity index (χ4v) is 6.28. The Hall–Kier alpha value is -4.77. The number of carbonyl (C=O) groups is 1. The topological polar surface area (TPSA) is 94.6 Å². The molecule has 10 nitrogen and oxygen atoms in total. The number of anilines is 1. The van der Waals surface area contributed by atoms with E-state index in [1.54, 1.807) is 40.7 Å². The second-order valence-electron chi connectivity index (χ2n) is 11.3. The van der Waals surface area contributed by atoms with Crippen LogP contribution in [0.3, 0.4) is 0 Å². The number of hydrogen-bond donors (Lipinski definition) is 0. The van der Waals surface area contributed by atoms with Gasteiger partial charge in [-0.2, -0.15) is 0 Å². The normalized spacial score (nSPS) is 14.3. The molecule has 0 radical (unpaired) electrons. The third kappa shape index (κ3) is 6.00. The van der Waals surface area contributed by atoms with E-state index in [1.165, 1.54) is 16.7 Å². The first-order valence-electron chi connectivity index (χ1n) is 15.5. The fourth-order valence-electron chi connectivity index (χ4n) is 6.28. The van der Waals surface area contributed by atoms with Gasteiger partial charge in [0.05, 0.1) is 35.1 Å². The number of rotatable bonds is 9. The average molecular weight is 613 g/mol. The van der Waals surface area contributed by atoms with E-state index in [0.29, 0.717) is 62.4 Å². The highest BCUT2D eigenvalue weighted by atomic mass is 19.1. The number of carbonyl (C=O) groups excluding carboxylic acids is 1. The number of nitrogens with zero attached hydrogens (tertiary/aromatic N) is 6. The fraction of sp³-hybridized carbons (Fsp3) is 0.353. The van der Waals surface area contributed by atoms with Gasteiger partial charge in [0, 0.05) is 38.8 Å². The van der Waals surface area contributed by atoms with E-state index >= 15 is 0 Å². The molecule has 0 aliphatic carbocycles. The number of piperidine rings is 1. The lowest BCUT2D eigenvalue weighted by atomic mass is 10.0. The van der Waals surface area contributed by atoms with E-state index in [1.807, 2.05) is 47.9 Å². The highest BCUT2D eigenvalue weighted by molar-refractivity contribution is 5.90. The molecule has 0 N–H and O–H groups in total. The van der Waals surface area contributed by atoms with Crippen LogP contribution in [-0.4, -0.2) is 62.0 Å². The summed E-state index contributed by atoms with van der Waals surface area (Å²) < 4.78 is 24.1. The third-order valence-electron chi connectivity index (χ3n) is 8.58. The molecule has 5 aromatic rings. The zero-order valence-electron chi connectivity index (χ0n) is 25.6. The lowest BCUT2D eigenvalue weighted by Crippen LogP contribution is -2.50. The maximum Gasteiger partial charge on any atom is 0.416 e. The van der Waals surface area contributed by atoms with Crippen molar-refractivity contribution >= 4 is 34.0 Å². The molecule has 2 aromatic heterocycles. The summed E-state index contributed by atoms with van der Waals surface area (Å²) in [6, 6.07) is 21.1. The van der Waals surface area contributed by atoms with Crippen molar-refractivity contribution in [3.05, 3.63) is 105 Å². The number of benzene rings is 3. The largest absolute Gasteiger partial charge is 0.449 e. The maximum absolute atomic E-state index is 13.7. The smallest absolute Gasteiger partial charge is 0.416 e. The van der Waals surface area contributed by atoms with Crippen LogP contribution in [0.25, 0.3) is 21.9 Å². The first-order valence-corrected chi connectivity index (χ1v) is 15.5. The molecule has 1 saturated heterocycles. The van der Waals surface area contributed by atoms with E-state index < -0.39 is 6.09 Å². The van der Waals surface area contributed by atoms with Gasteiger partial charge in [-0.1, -0.05) is 36.4 Å². The molecule has 1 amide bonds. The third-order valence-corrected chi connectivity index (χ3v) is 8.58. The van der Waals surface area contributed by atoms with Gasteiger partial charge in [-0.05, 0) is 68.7 Å². The molecule has 3 aromatic carbocycles. The van der Waals surface area contributed by atoms with Crippen molar-refractivity contribution in [2.24, 2.45) is 0 Å². The minimum atomic E-state index is -0.463. The predicted octanol–water partition coefficient (Wildman–Crippen LogP) is 4.85. The zero-order valence-corrected chi connectivity index (χ0v) is 25.6. The van der Waals surface area contributed by atoms with Gasteiger partial charge in [0.1, 0.15) is 5.82 Å². The van der Waals surface area contributed by atoms with Crippen LogP contribution in [0.2, 0.25) is 0 Å². The van der Waals surface area contributed by atoms with Crippen LogP contribution >= 0.6 is 0 Å². The molecule has 6 rings (SSSR count). The van der Waals surface area contributed by atoms with Crippen LogP contribution in [0.15, 0.2) is 82.4 Å². The quantitative estimate of drug-likeness (QED) is 0.236. The Kier molecular flexibility index (Phi) is 8.79. The molecule has 3 heterocycles. The molecule has 0 spiro atoms. The van der Waals surface area contributed by atoms with Crippen LogP contribution < -0.4 is 16.1 Å². The lowest BCUT2D eigenvalue weighted by molar-refractivity contribution is 0.147. The van der Waals surface area contributed by atoms with Crippen molar-refractivity contribution in [3.63, 3.8) is 0 Å². The standard InChI is InChI=1S/C34H37FN6O4/c1-3-38-29-11-7-5-9-27(29)31(42)39(33(38)43)22-21-37-19-17-26(18-20-37)41(34(44)45-4-2)32-36-28-10-6-8-12-30(28)40(32)23-24-13-15-25(35)16-14-24/h5-16,26H,3-4,17-23H2,1-2H3. The molecular weight excluding hydrogens is 575 g/mol. The van der Waals surface area contributed by atoms with Gasteiger partial charge in [-0.25, -0.2) is 23.9 Å². The van der Waals surface area contributed by atoms with Crippen LogP contribution in [0.4, 0.5) is 15.1 Å². The number of likely N-dealkylation sites (tertiary alicyclic amines) is 1. The second-order valence-corrected chi connectivity index (χ2v) is 11.3. The second kappa shape index (κ2) is 13.1. The molecule has 0 unspecified atom stereocenters. The van der Waals surface area contributed by atoms with Gasteiger partial charge in [-0.15, -0.1) is 0 Å². The Morgan fingerprint density at radius 3 is 2.29 bits per heavy atom. The Balaban J connectivity index is 1.24. The number of para-hydroxylation sites is 3. The molecule has 1 aliphatic rings. The van der Waals surface area contributed by atoms with Crippen LogP contribution in [-0.2, 0) is 24.4 Å². The van der Waals surface area contributed by atoms with E-state index in [-0.39, 0.29) is 36.3 Å². The molecule has 0 saturated carbocycles. The summed E-state index contributed by atoms with van der Waals surface area (Å²) in [5.74, 6) is 0.177. The first-order chi connectivity index (χ1) is 21.9. The maximum atomic E-state index is 13.7. The number of ether oxygens (including phenoxy) is 1. The van der Waals surface area contributed by atoms with Gasteiger partial charge < -0.3 is 14.2 Å². The summed E-state index contributed by atoms with van der Waals surface area (Å²) in [4.78, 5) is 48.7. The predicted molar refractivity (Wildman–Crippen MR) is 172 cm³/mol. The minimum absolute atomic E-state index is 0.176. The number of hydrogen-bond acceptors (Lipinski definition) is 6. The molecule has 1 aliphatic heterocycles. The van der Waals surface area contributed by atoms with Crippen molar-refractivity contribution in [2.45, 2.75) is 52.4 Å². The lowest BCUT2D eigenvalue weighted by Gasteiger charge is -2.37. The van der Waals surface area contributed by atoms with E-state index in [4.69, 9.17) is 9.72 Å². The van der Waals surface area contributed by atoms with Gasteiger partial charge in [-0.3, -0.25) is 13.9 Å². The summed E-state index contributed by atoms with van der Waals surface area (Å²) in [6.45, 7) is 6.93. The van der Waals surface area contributed by atoms with E-state index in [0.717, 1.165) is 16.6 Å². The van der Waals surface area contributed by atoms with Gasteiger partial charge in [0.2, 0.25) is 5.95 Å². The number of amides is 1. The molecule has 11 heteroatoms. The number of imidazole rings is 1. The van der Waals surface area contributed by atoms with Crippen molar-refractivity contribution < 1.29 is 13.9 Å². The molecule has 1 fully saturated rings. The van der Waals surface area contributed by atoms with Gasteiger partial charge >= 0.3 is 11.8 Å². The Morgan fingerprint density at radius 2 is 1.58 bits per heavy atom. The Labute approximate surface area is 259 Å². The number of aryl methyl sites for hydroxylation is 1. The summed E-state index contributed by atoms with van der Waals surface area (Å²) in [7, 11) is 0. The summed E-state index contributed by atoms with van der Waals surface area (Å²) in [5, 5.41) is 0.534. The molecule has 234 valence electrons. The minimum Gasteiger partial charge on any atom is -0.449 e. The summed E-state index contributed by atoms with van der Waals surface area (Å²) in [5.41, 5.74) is 2.57. The van der Waals surface area contributed by atoms with Crippen LogP contribution in [0.1, 0.15) is 32.3 Å². The zero-order chi connectivity index (χ0) is 31.5. The number of aromatic nitrogens is 4. The van der Waals surface area contributed by atoms with E-state index in [2.05, 4.69) is 4.90 Å². The highest BCUT2D eigenvalue weighted by Gasteiger charge is 2.34. The van der Waals surface area contributed by atoms with Gasteiger partial charge in [0.15, 0.2) is 0 Å². The van der Waals surface area contributed by atoms with Crippen molar-refractivity contribution in [1.82, 2.24) is 23.6 Å². The molecule has 0 bridgehead atoms. The van der Waals surface area contributed by atoms with Crippen LogP contribution in [0, 0.1) is 5.82 Å². The first kappa shape index (κ1) is 30.3. The van der Waals surface area contributed by atoms with E-state index in [9.17, 15) is 18.8 Å². The average Bonchev–Trinajstić information content (AvgIpc) is 3.40. The SMILES string of the molecule is CCOC(=O)N(c1nc2ccccc2n1Cc1ccc(F)cc1)C1CCN(CCn2c(=O)c3ccccc3n(CC)c2=O)CC1. The van der Waals surface area contributed by atoms with Crippen LogP contribution in [0.5, 0.6) is 0 Å². The Bertz CT molecular complexity index is 1940. The summed E-state index contributed by atoms with van der Waals surface area (Å²) >= 11 is 0. The Morgan fingerprint density at radius 1 is 0.889 bits per heavy atom. The summed E-state index contributed by atoms with van der Waals surface area (Å²) in [6.07, 6.45) is 0.851. The van der Waals surface area contributed by atoms with Gasteiger partial charge in [0.25, 0.3) is 5.56 Å². The monoisotopic (exact) mass is 612 g/mol.